The lowest BCUT2D eigenvalue weighted by molar-refractivity contribution is -0.130. The van der Waals surface area contributed by atoms with Crippen LogP contribution in [0.5, 0.6) is 0 Å². The topological polar surface area (TPSA) is 104 Å². The summed E-state index contributed by atoms with van der Waals surface area (Å²) in [6.45, 7) is 4.41. The smallest absolute Gasteiger partial charge is 0.236 e. The predicted molar refractivity (Wildman–Crippen MR) is 124 cm³/mol. The fourth-order valence-electron chi connectivity index (χ4n) is 3.16. The second kappa shape index (κ2) is 10.3. The molecular weight excluding hydrogens is 472 g/mol. The molecule has 1 N–H and O–H groups in total. The number of rotatable bonds is 7. The van der Waals surface area contributed by atoms with E-state index in [1.165, 1.54) is 23.1 Å². The summed E-state index contributed by atoms with van der Waals surface area (Å²) in [5.41, 5.74) is 0.954. The highest BCUT2D eigenvalue weighted by Crippen LogP contribution is 2.28. The number of aromatic nitrogens is 3. The molecule has 2 amide bonds. The number of carbonyl (C=O) groups excluding carboxylic acids is 2. The third-order valence-electron chi connectivity index (χ3n) is 4.79. The zero-order valence-corrected chi connectivity index (χ0v) is 19.7. The molecular formula is C20H21ClN6O3S2. The number of hydrogen-bond donors (Lipinski definition) is 1. The van der Waals surface area contributed by atoms with Crippen LogP contribution in [0.25, 0.3) is 0 Å². The minimum atomic E-state index is -0.187. The van der Waals surface area contributed by atoms with Gasteiger partial charge in [0.1, 0.15) is 5.76 Å². The molecule has 1 aliphatic heterocycles. The third kappa shape index (κ3) is 5.99. The molecule has 0 saturated carbocycles. The van der Waals surface area contributed by atoms with E-state index in [2.05, 4.69) is 25.6 Å². The van der Waals surface area contributed by atoms with Gasteiger partial charge in [0.25, 0.3) is 0 Å². The molecule has 1 fully saturated rings. The van der Waals surface area contributed by atoms with Crippen LogP contribution in [-0.4, -0.2) is 64.0 Å². The third-order valence-corrected chi connectivity index (χ3v) is 7.16. The van der Waals surface area contributed by atoms with Gasteiger partial charge in [0.15, 0.2) is 10.2 Å². The zero-order chi connectivity index (χ0) is 22.5. The van der Waals surface area contributed by atoms with Gasteiger partial charge in [-0.2, -0.15) is 0 Å². The van der Waals surface area contributed by atoms with Crippen molar-refractivity contribution in [1.82, 2.24) is 20.3 Å². The van der Waals surface area contributed by atoms with Crippen molar-refractivity contribution in [3.05, 3.63) is 46.7 Å². The summed E-state index contributed by atoms with van der Waals surface area (Å²) in [5.74, 6) is 1.15. The van der Waals surface area contributed by atoms with Crippen LogP contribution in [-0.2, 0) is 16.0 Å². The number of hydrogen-bond acceptors (Lipinski definition) is 9. The average Bonchev–Trinajstić information content (AvgIpc) is 3.43. The van der Waals surface area contributed by atoms with E-state index in [4.69, 9.17) is 16.1 Å². The molecule has 0 atom stereocenters. The summed E-state index contributed by atoms with van der Waals surface area (Å²) >= 11 is 8.67. The quantitative estimate of drug-likeness (QED) is 0.502. The molecule has 0 spiro atoms. The Morgan fingerprint density at radius 1 is 1.19 bits per heavy atom. The Morgan fingerprint density at radius 3 is 2.62 bits per heavy atom. The molecule has 4 rings (SSSR count). The van der Waals surface area contributed by atoms with E-state index in [-0.39, 0.29) is 17.6 Å². The maximum atomic E-state index is 12.6. The van der Waals surface area contributed by atoms with Crippen LogP contribution in [0.3, 0.4) is 0 Å². The number of thioether (sulfide) groups is 1. The van der Waals surface area contributed by atoms with Gasteiger partial charge in [-0.3, -0.25) is 9.59 Å². The van der Waals surface area contributed by atoms with Crippen LogP contribution in [0.1, 0.15) is 11.3 Å². The first kappa shape index (κ1) is 22.6. The van der Waals surface area contributed by atoms with Crippen molar-refractivity contribution in [2.75, 3.05) is 42.1 Å². The molecule has 1 aromatic carbocycles. The van der Waals surface area contributed by atoms with Crippen molar-refractivity contribution in [3.8, 4) is 0 Å². The van der Waals surface area contributed by atoms with Crippen molar-refractivity contribution in [2.24, 2.45) is 0 Å². The highest BCUT2D eigenvalue weighted by atomic mass is 35.5. The number of piperazine rings is 1. The monoisotopic (exact) mass is 492 g/mol. The van der Waals surface area contributed by atoms with Crippen molar-refractivity contribution < 1.29 is 14.1 Å². The summed E-state index contributed by atoms with van der Waals surface area (Å²) in [6.07, 6.45) is 0.368. The number of aryl methyl sites for hydroxylation is 1. The van der Waals surface area contributed by atoms with Crippen molar-refractivity contribution in [1.29, 1.82) is 0 Å². The Labute approximate surface area is 198 Å². The molecule has 0 bridgehead atoms. The lowest BCUT2D eigenvalue weighted by Gasteiger charge is -2.34. The Morgan fingerprint density at radius 2 is 1.94 bits per heavy atom. The molecule has 0 aliphatic carbocycles. The van der Waals surface area contributed by atoms with E-state index in [0.717, 1.165) is 10.7 Å². The first-order valence-corrected chi connectivity index (χ1v) is 12.1. The Balaban J connectivity index is 1.22. The molecule has 9 nitrogen and oxygen atoms in total. The molecule has 1 saturated heterocycles. The first-order valence-electron chi connectivity index (χ1n) is 9.93. The van der Waals surface area contributed by atoms with Gasteiger partial charge in [-0.15, -0.1) is 10.2 Å². The maximum Gasteiger partial charge on any atom is 0.236 e. The van der Waals surface area contributed by atoms with Crippen LogP contribution in [0, 0.1) is 6.92 Å². The number of halogens is 1. The van der Waals surface area contributed by atoms with Gasteiger partial charge >= 0.3 is 0 Å². The van der Waals surface area contributed by atoms with Crippen molar-refractivity contribution in [2.45, 2.75) is 17.7 Å². The van der Waals surface area contributed by atoms with E-state index >= 15 is 0 Å². The molecule has 1 aliphatic rings. The fraction of sp³-hybridized carbons (Fsp3) is 0.350. The summed E-state index contributed by atoms with van der Waals surface area (Å²) in [4.78, 5) is 28.6. The Hall–Kier alpha value is -2.63. The SMILES string of the molecule is Cc1cc(NC(=O)CSc2nnc(N3CCN(C(=O)Cc4ccc(Cl)cc4)CC3)s2)no1. The van der Waals surface area contributed by atoms with E-state index in [9.17, 15) is 9.59 Å². The molecule has 0 radical (unpaired) electrons. The second-order valence-corrected chi connectivity index (χ2v) is 9.80. The van der Waals surface area contributed by atoms with E-state index < -0.39 is 0 Å². The minimum absolute atomic E-state index is 0.105. The van der Waals surface area contributed by atoms with Crippen LogP contribution >= 0.6 is 34.7 Å². The van der Waals surface area contributed by atoms with Gasteiger partial charge in [0.05, 0.1) is 12.2 Å². The summed E-state index contributed by atoms with van der Waals surface area (Å²) in [7, 11) is 0. The van der Waals surface area contributed by atoms with Gasteiger partial charge < -0.3 is 19.6 Å². The van der Waals surface area contributed by atoms with Gasteiger partial charge in [-0.05, 0) is 24.6 Å². The first-order chi connectivity index (χ1) is 15.5. The highest BCUT2D eigenvalue weighted by molar-refractivity contribution is 8.01. The van der Waals surface area contributed by atoms with E-state index in [1.54, 1.807) is 25.1 Å². The molecule has 168 valence electrons. The summed E-state index contributed by atoms with van der Waals surface area (Å²) < 4.78 is 5.64. The standard InChI is InChI=1S/C20H21ClN6O3S2/c1-13-10-16(25-30-13)22-17(28)12-31-20-24-23-19(32-20)27-8-6-26(7-9-27)18(29)11-14-2-4-15(21)5-3-14/h2-5,10H,6-9,11-12H2,1H3,(H,22,25,28). The van der Waals surface area contributed by atoms with Crippen LogP contribution < -0.4 is 10.2 Å². The van der Waals surface area contributed by atoms with Crippen molar-refractivity contribution in [3.63, 3.8) is 0 Å². The molecule has 3 heterocycles. The van der Waals surface area contributed by atoms with Gasteiger partial charge in [-0.1, -0.05) is 52.0 Å². The van der Waals surface area contributed by atoms with Crippen LogP contribution in [0.4, 0.5) is 10.9 Å². The Kier molecular flexibility index (Phi) is 7.28. The minimum Gasteiger partial charge on any atom is -0.360 e. The molecule has 32 heavy (non-hydrogen) atoms. The number of anilines is 2. The summed E-state index contributed by atoms with van der Waals surface area (Å²) in [5, 5.41) is 16.3. The summed E-state index contributed by atoms with van der Waals surface area (Å²) in [6, 6.07) is 9.01. The van der Waals surface area contributed by atoms with E-state index in [0.29, 0.717) is 53.5 Å². The molecule has 3 aromatic rings. The maximum absolute atomic E-state index is 12.6. The largest absolute Gasteiger partial charge is 0.360 e. The lowest BCUT2D eigenvalue weighted by atomic mass is 10.1. The fourth-order valence-corrected chi connectivity index (χ4v) is 4.97. The number of nitrogens with zero attached hydrogens (tertiary/aromatic N) is 5. The number of amides is 2. The van der Waals surface area contributed by atoms with Crippen LogP contribution in [0.2, 0.25) is 5.02 Å². The van der Waals surface area contributed by atoms with Gasteiger partial charge in [0.2, 0.25) is 16.9 Å². The highest BCUT2D eigenvalue weighted by Gasteiger charge is 2.23. The number of nitrogens with one attached hydrogen (secondary N) is 1. The Bertz CT molecular complexity index is 1080. The lowest BCUT2D eigenvalue weighted by Crippen LogP contribution is -2.49. The molecule has 12 heteroatoms. The van der Waals surface area contributed by atoms with E-state index in [1.807, 2.05) is 17.0 Å². The normalized spacial score (nSPS) is 13.9. The number of benzene rings is 1. The number of carbonyl (C=O) groups is 2. The molecule has 0 unspecified atom stereocenters. The van der Waals surface area contributed by atoms with Crippen LogP contribution in [0.15, 0.2) is 39.2 Å². The average molecular weight is 493 g/mol. The second-order valence-electron chi connectivity index (χ2n) is 7.18. The van der Waals surface area contributed by atoms with Gasteiger partial charge in [-0.25, -0.2) is 0 Å². The molecule has 2 aromatic heterocycles. The zero-order valence-electron chi connectivity index (χ0n) is 17.3. The predicted octanol–water partition coefficient (Wildman–Crippen LogP) is 3.11. The van der Waals surface area contributed by atoms with Gasteiger partial charge in [0, 0.05) is 37.3 Å². The van der Waals surface area contributed by atoms with Crippen molar-refractivity contribution >= 4 is 57.5 Å².